The lowest BCUT2D eigenvalue weighted by Crippen LogP contribution is -2.25. The Balaban J connectivity index is 2.14. The van der Waals surface area contributed by atoms with Gasteiger partial charge in [-0.05, 0) is 18.9 Å². The molecule has 2 rings (SSSR count). The predicted molar refractivity (Wildman–Crippen MR) is 74.7 cm³/mol. The van der Waals surface area contributed by atoms with Crippen molar-refractivity contribution in [1.29, 1.82) is 0 Å². The van der Waals surface area contributed by atoms with E-state index in [-0.39, 0.29) is 15.1 Å². The molecular formula is C11H12Cl2O3S2. The number of hydrogen-bond acceptors (Lipinski definition) is 4. The number of carbonyl (C=O) groups is 1. The zero-order valence-electron chi connectivity index (χ0n) is 9.49. The van der Waals surface area contributed by atoms with E-state index in [2.05, 4.69) is 0 Å². The van der Waals surface area contributed by atoms with Crippen LogP contribution >= 0.6 is 34.5 Å². The van der Waals surface area contributed by atoms with Crippen LogP contribution in [0.15, 0.2) is 6.07 Å². The van der Waals surface area contributed by atoms with Crippen molar-refractivity contribution in [2.75, 3.05) is 5.75 Å². The maximum absolute atomic E-state index is 12.0. The summed E-state index contributed by atoms with van der Waals surface area (Å²) in [5.74, 6) is -0.931. The number of Topliss-reactive ketones (excluding diaryl/α,β-unsaturated/α-hetero) is 1. The van der Waals surface area contributed by atoms with Gasteiger partial charge >= 0.3 is 0 Å². The van der Waals surface area contributed by atoms with E-state index in [0.29, 0.717) is 17.2 Å². The SMILES string of the molecule is O=C(CS(=O)(=O)C1CCCC1)c1cc(Cl)sc1Cl. The molecule has 1 aliphatic rings. The van der Waals surface area contributed by atoms with Crippen LogP contribution in [0.1, 0.15) is 36.0 Å². The van der Waals surface area contributed by atoms with Crippen LogP contribution in [-0.2, 0) is 9.84 Å². The predicted octanol–water partition coefficient (Wildman–Crippen LogP) is 3.60. The Bertz CT molecular complexity index is 557. The zero-order chi connectivity index (χ0) is 13.3. The maximum atomic E-state index is 12.0. The summed E-state index contributed by atoms with van der Waals surface area (Å²) in [5.41, 5.74) is 0.216. The molecule has 0 aromatic carbocycles. The Kier molecular flexibility index (Phi) is 4.36. The number of ketones is 1. The molecule has 0 bridgehead atoms. The lowest BCUT2D eigenvalue weighted by atomic mass is 10.2. The first-order chi connectivity index (χ1) is 8.40. The van der Waals surface area contributed by atoms with Crippen LogP contribution in [-0.4, -0.2) is 25.2 Å². The van der Waals surface area contributed by atoms with Crippen molar-refractivity contribution in [3.05, 3.63) is 20.3 Å². The van der Waals surface area contributed by atoms with Gasteiger partial charge in [-0.3, -0.25) is 4.79 Å². The zero-order valence-corrected chi connectivity index (χ0v) is 12.6. The van der Waals surface area contributed by atoms with Gasteiger partial charge in [0.05, 0.1) is 9.59 Å². The first-order valence-electron chi connectivity index (χ1n) is 5.60. The van der Waals surface area contributed by atoms with Crippen LogP contribution in [0.3, 0.4) is 0 Å². The summed E-state index contributed by atoms with van der Waals surface area (Å²) in [6.07, 6.45) is 3.16. The minimum Gasteiger partial charge on any atom is -0.293 e. The van der Waals surface area contributed by atoms with Crippen molar-refractivity contribution in [2.45, 2.75) is 30.9 Å². The van der Waals surface area contributed by atoms with Crippen LogP contribution in [0.25, 0.3) is 0 Å². The molecule has 100 valence electrons. The number of sulfone groups is 1. The largest absolute Gasteiger partial charge is 0.293 e. The molecule has 1 aromatic heterocycles. The van der Waals surface area contributed by atoms with E-state index in [0.717, 1.165) is 24.2 Å². The van der Waals surface area contributed by atoms with Gasteiger partial charge in [-0.15, -0.1) is 11.3 Å². The molecule has 0 atom stereocenters. The van der Waals surface area contributed by atoms with E-state index in [1.165, 1.54) is 6.07 Å². The van der Waals surface area contributed by atoms with E-state index in [9.17, 15) is 13.2 Å². The van der Waals surface area contributed by atoms with Gasteiger partial charge < -0.3 is 0 Å². The summed E-state index contributed by atoms with van der Waals surface area (Å²) >= 11 is 12.7. The van der Waals surface area contributed by atoms with Gasteiger partial charge in [0.15, 0.2) is 15.6 Å². The quantitative estimate of drug-likeness (QED) is 0.794. The van der Waals surface area contributed by atoms with Crippen molar-refractivity contribution in [3.63, 3.8) is 0 Å². The summed E-state index contributed by atoms with van der Waals surface area (Å²) in [5, 5.41) is -0.366. The fourth-order valence-corrected chi connectivity index (χ4v) is 5.46. The highest BCUT2D eigenvalue weighted by Gasteiger charge is 2.31. The molecule has 18 heavy (non-hydrogen) atoms. The highest BCUT2D eigenvalue weighted by atomic mass is 35.5. The summed E-state index contributed by atoms with van der Waals surface area (Å²) in [6, 6.07) is 1.43. The second-order valence-electron chi connectivity index (χ2n) is 4.37. The molecule has 1 aliphatic carbocycles. The molecule has 1 heterocycles. The molecule has 1 saturated carbocycles. The van der Waals surface area contributed by atoms with E-state index in [1.54, 1.807) is 0 Å². The molecule has 0 unspecified atom stereocenters. The summed E-state index contributed by atoms with van der Waals surface area (Å²) in [6.45, 7) is 0. The molecule has 0 spiro atoms. The summed E-state index contributed by atoms with van der Waals surface area (Å²) < 4.78 is 24.7. The van der Waals surface area contributed by atoms with Gasteiger partial charge in [0.2, 0.25) is 0 Å². The fraction of sp³-hybridized carbons (Fsp3) is 0.545. The Morgan fingerprint density at radius 2 is 1.94 bits per heavy atom. The van der Waals surface area contributed by atoms with Crippen LogP contribution < -0.4 is 0 Å². The number of hydrogen-bond donors (Lipinski definition) is 0. The van der Waals surface area contributed by atoms with Crippen molar-refractivity contribution in [3.8, 4) is 0 Å². The molecule has 1 fully saturated rings. The number of thiophene rings is 1. The summed E-state index contributed by atoms with van der Waals surface area (Å²) in [4.78, 5) is 11.9. The molecule has 0 aliphatic heterocycles. The van der Waals surface area contributed by atoms with Gasteiger partial charge in [-0.2, -0.15) is 0 Å². The molecule has 7 heteroatoms. The summed E-state index contributed by atoms with van der Waals surface area (Å²) in [7, 11) is -3.36. The van der Waals surface area contributed by atoms with Gasteiger partial charge in [0.1, 0.15) is 10.1 Å². The minimum atomic E-state index is -3.36. The molecule has 3 nitrogen and oxygen atoms in total. The van der Waals surface area contributed by atoms with Gasteiger partial charge in [0, 0.05) is 5.56 Å². The monoisotopic (exact) mass is 326 g/mol. The number of rotatable bonds is 4. The molecule has 0 amide bonds. The first-order valence-corrected chi connectivity index (χ1v) is 8.88. The second kappa shape index (κ2) is 5.49. The van der Waals surface area contributed by atoms with E-state index < -0.39 is 21.4 Å². The topological polar surface area (TPSA) is 51.2 Å². The average Bonchev–Trinajstić information content (AvgIpc) is 2.86. The average molecular weight is 327 g/mol. The lowest BCUT2D eigenvalue weighted by Gasteiger charge is -2.09. The van der Waals surface area contributed by atoms with Gasteiger partial charge in [-0.1, -0.05) is 36.0 Å². The Hall–Kier alpha value is -0.100. The standard InChI is InChI=1S/C11H12Cl2O3S2/c12-10-5-8(11(13)17-10)9(14)6-18(15,16)7-3-1-2-4-7/h5,7H,1-4,6H2. The van der Waals surface area contributed by atoms with Gasteiger partial charge in [-0.25, -0.2) is 8.42 Å². The van der Waals surface area contributed by atoms with E-state index in [1.807, 2.05) is 0 Å². The van der Waals surface area contributed by atoms with Crippen molar-refractivity contribution < 1.29 is 13.2 Å². The van der Waals surface area contributed by atoms with Crippen LogP contribution in [0.5, 0.6) is 0 Å². The molecule has 0 radical (unpaired) electrons. The number of carbonyl (C=O) groups excluding carboxylic acids is 1. The minimum absolute atomic E-state index is 0.216. The van der Waals surface area contributed by atoms with Crippen LogP contribution in [0, 0.1) is 0 Å². The van der Waals surface area contributed by atoms with Crippen LogP contribution in [0.2, 0.25) is 8.67 Å². The maximum Gasteiger partial charge on any atom is 0.180 e. The van der Waals surface area contributed by atoms with Gasteiger partial charge in [0.25, 0.3) is 0 Å². The third-order valence-electron chi connectivity index (χ3n) is 3.10. The molecule has 0 N–H and O–H groups in total. The van der Waals surface area contributed by atoms with E-state index in [4.69, 9.17) is 23.2 Å². The van der Waals surface area contributed by atoms with Crippen molar-refractivity contribution in [1.82, 2.24) is 0 Å². The van der Waals surface area contributed by atoms with Crippen LogP contribution in [0.4, 0.5) is 0 Å². The lowest BCUT2D eigenvalue weighted by molar-refractivity contribution is 0.102. The normalized spacial score (nSPS) is 17.2. The third kappa shape index (κ3) is 3.07. The highest BCUT2D eigenvalue weighted by molar-refractivity contribution is 7.92. The Morgan fingerprint density at radius 3 is 2.44 bits per heavy atom. The first kappa shape index (κ1) is 14.3. The highest BCUT2D eigenvalue weighted by Crippen LogP contribution is 2.32. The second-order valence-corrected chi connectivity index (χ2v) is 8.94. The molecule has 0 saturated heterocycles. The molecule has 1 aromatic rings. The van der Waals surface area contributed by atoms with E-state index >= 15 is 0 Å². The number of halogens is 2. The smallest absolute Gasteiger partial charge is 0.180 e. The molecular weight excluding hydrogens is 315 g/mol. The Morgan fingerprint density at radius 1 is 1.33 bits per heavy atom. The van der Waals surface area contributed by atoms with Crippen molar-refractivity contribution >= 4 is 50.2 Å². The van der Waals surface area contributed by atoms with Crippen molar-refractivity contribution in [2.24, 2.45) is 0 Å². The third-order valence-corrected chi connectivity index (χ3v) is 6.74. The fourth-order valence-electron chi connectivity index (χ4n) is 2.16. The Labute approximate surface area is 120 Å².